The van der Waals surface area contributed by atoms with Crippen molar-refractivity contribution in [2.45, 2.75) is 52.5 Å². The smallest absolute Gasteiger partial charge is 0.346 e. The predicted molar refractivity (Wildman–Crippen MR) is 86.5 cm³/mol. The standard InChI is InChI=1S/C17H23N2S.HI/c1-3-4-5-6-9-12-18-15-10-7-8-11-16(15)19-14(2)13-20-17(18)19;/h7-8,10-11,13H,3-6,9,12H2,1-2H3;1H/q+1;/p-1. The number of para-hydroxylation sites is 2. The fraction of sp³-hybridized carbons (Fsp3) is 0.471. The normalized spacial score (nSPS) is 11.1. The number of rotatable bonds is 6. The van der Waals surface area contributed by atoms with E-state index in [0.29, 0.717) is 0 Å². The number of fused-ring (bicyclic) bond motifs is 3. The summed E-state index contributed by atoms with van der Waals surface area (Å²) < 4.78 is 4.89. The largest absolute Gasteiger partial charge is 1.00 e. The molecule has 1 aromatic carbocycles. The molecule has 2 aromatic heterocycles. The summed E-state index contributed by atoms with van der Waals surface area (Å²) in [5.74, 6) is 0. The van der Waals surface area contributed by atoms with Gasteiger partial charge < -0.3 is 24.0 Å². The van der Waals surface area contributed by atoms with Crippen LogP contribution in [0.4, 0.5) is 0 Å². The minimum atomic E-state index is 0. The molecule has 0 aliphatic carbocycles. The van der Waals surface area contributed by atoms with Gasteiger partial charge in [0.15, 0.2) is 11.0 Å². The highest BCUT2D eigenvalue weighted by molar-refractivity contribution is 7.14. The molecule has 0 spiro atoms. The van der Waals surface area contributed by atoms with Crippen molar-refractivity contribution in [3.8, 4) is 0 Å². The van der Waals surface area contributed by atoms with Crippen molar-refractivity contribution in [2.75, 3.05) is 0 Å². The number of hydrogen-bond acceptors (Lipinski definition) is 1. The van der Waals surface area contributed by atoms with Crippen LogP contribution in [-0.2, 0) is 6.54 Å². The highest BCUT2D eigenvalue weighted by Crippen LogP contribution is 2.21. The number of unbranched alkanes of at least 4 members (excludes halogenated alkanes) is 4. The Bertz CT molecular complexity index is 714. The van der Waals surface area contributed by atoms with Crippen LogP contribution in [0.3, 0.4) is 0 Å². The number of imidazole rings is 1. The van der Waals surface area contributed by atoms with E-state index in [1.54, 1.807) is 0 Å². The fourth-order valence-electron chi connectivity index (χ4n) is 2.95. The number of hydrogen-bond donors (Lipinski definition) is 0. The van der Waals surface area contributed by atoms with Crippen LogP contribution in [0.25, 0.3) is 16.0 Å². The van der Waals surface area contributed by atoms with Gasteiger partial charge in [0.2, 0.25) is 0 Å². The molecule has 3 aromatic rings. The molecule has 4 heteroatoms. The predicted octanol–water partition coefficient (Wildman–Crippen LogP) is 1.72. The Morgan fingerprint density at radius 1 is 1.10 bits per heavy atom. The Morgan fingerprint density at radius 2 is 1.86 bits per heavy atom. The molecule has 0 bridgehead atoms. The van der Waals surface area contributed by atoms with Crippen molar-refractivity contribution in [3.05, 3.63) is 35.3 Å². The maximum Gasteiger partial charge on any atom is 0.346 e. The van der Waals surface area contributed by atoms with Gasteiger partial charge >= 0.3 is 4.96 Å². The van der Waals surface area contributed by atoms with E-state index >= 15 is 0 Å². The van der Waals surface area contributed by atoms with Crippen molar-refractivity contribution in [1.82, 2.24) is 4.40 Å². The quantitative estimate of drug-likeness (QED) is 0.330. The monoisotopic (exact) mass is 414 g/mol. The average Bonchev–Trinajstić information content (AvgIpc) is 2.99. The first kappa shape index (κ1) is 16.7. The SMILES string of the molecule is CCCCCCC[n+]1c2ccccc2n2c(C)csc21.[I-]. The molecule has 0 amide bonds. The molecule has 21 heavy (non-hydrogen) atoms. The van der Waals surface area contributed by atoms with Gasteiger partial charge in [-0.1, -0.05) is 49.7 Å². The molecule has 0 saturated heterocycles. The lowest BCUT2D eigenvalue weighted by molar-refractivity contribution is -0.644. The van der Waals surface area contributed by atoms with Gasteiger partial charge in [0.25, 0.3) is 0 Å². The molecular weight excluding hydrogens is 391 g/mol. The highest BCUT2D eigenvalue weighted by atomic mass is 127. The molecule has 2 heterocycles. The number of aromatic nitrogens is 2. The van der Waals surface area contributed by atoms with Gasteiger partial charge in [-0.3, -0.25) is 0 Å². The maximum atomic E-state index is 2.50. The number of aryl methyl sites for hydroxylation is 2. The zero-order chi connectivity index (χ0) is 13.9. The summed E-state index contributed by atoms with van der Waals surface area (Å²) in [6, 6.07) is 8.77. The first-order valence-electron chi connectivity index (χ1n) is 7.70. The van der Waals surface area contributed by atoms with Crippen LogP contribution in [0.1, 0.15) is 44.7 Å². The second-order valence-electron chi connectivity index (χ2n) is 5.55. The summed E-state index contributed by atoms with van der Waals surface area (Å²) in [4.78, 5) is 1.37. The topological polar surface area (TPSA) is 8.29 Å². The van der Waals surface area contributed by atoms with Crippen LogP contribution < -0.4 is 28.5 Å². The number of halogens is 1. The molecule has 2 nitrogen and oxygen atoms in total. The summed E-state index contributed by atoms with van der Waals surface area (Å²) in [6.45, 7) is 5.61. The minimum Gasteiger partial charge on any atom is -1.00 e. The van der Waals surface area contributed by atoms with E-state index in [1.807, 2.05) is 11.3 Å². The summed E-state index contributed by atoms with van der Waals surface area (Å²) in [6.07, 6.45) is 6.68. The van der Waals surface area contributed by atoms with Crippen molar-refractivity contribution >= 4 is 27.3 Å². The Balaban J connectivity index is 0.00000161. The van der Waals surface area contributed by atoms with E-state index < -0.39 is 0 Å². The molecule has 3 rings (SSSR count). The molecular formula is C17H23IN2S. The minimum absolute atomic E-state index is 0. The first-order chi connectivity index (χ1) is 9.83. The zero-order valence-electron chi connectivity index (χ0n) is 12.8. The summed E-state index contributed by atoms with van der Waals surface area (Å²) in [5.41, 5.74) is 4.05. The molecule has 0 aliphatic rings. The lowest BCUT2D eigenvalue weighted by atomic mass is 10.1. The van der Waals surface area contributed by atoms with E-state index in [4.69, 9.17) is 0 Å². The summed E-state index contributed by atoms with van der Waals surface area (Å²) >= 11 is 1.86. The summed E-state index contributed by atoms with van der Waals surface area (Å²) in [7, 11) is 0. The molecule has 0 atom stereocenters. The van der Waals surface area contributed by atoms with Crippen molar-refractivity contribution in [1.29, 1.82) is 0 Å². The Morgan fingerprint density at radius 3 is 2.67 bits per heavy atom. The second-order valence-corrected chi connectivity index (χ2v) is 6.39. The van der Waals surface area contributed by atoms with Crippen molar-refractivity contribution < 1.29 is 28.5 Å². The average molecular weight is 414 g/mol. The van der Waals surface area contributed by atoms with E-state index in [0.717, 1.165) is 6.54 Å². The van der Waals surface area contributed by atoms with E-state index in [-0.39, 0.29) is 24.0 Å². The lowest BCUT2D eigenvalue weighted by Gasteiger charge is -1.99. The van der Waals surface area contributed by atoms with Gasteiger partial charge in [0, 0.05) is 5.38 Å². The van der Waals surface area contributed by atoms with Crippen LogP contribution >= 0.6 is 11.3 Å². The van der Waals surface area contributed by atoms with Crippen molar-refractivity contribution in [3.63, 3.8) is 0 Å². The number of thiazole rings is 1. The first-order valence-corrected chi connectivity index (χ1v) is 8.58. The molecule has 0 saturated carbocycles. The fourth-order valence-corrected chi connectivity index (χ4v) is 3.99. The van der Waals surface area contributed by atoms with Crippen LogP contribution in [0.5, 0.6) is 0 Å². The summed E-state index contributed by atoms with van der Waals surface area (Å²) in [5, 5.41) is 2.26. The van der Waals surface area contributed by atoms with E-state index in [1.165, 1.54) is 53.8 Å². The van der Waals surface area contributed by atoms with Gasteiger partial charge in [-0.25, -0.2) is 4.57 Å². The molecule has 0 aliphatic heterocycles. The van der Waals surface area contributed by atoms with Gasteiger partial charge in [-0.05, 0) is 31.9 Å². The van der Waals surface area contributed by atoms with Crippen LogP contribution in [0.2, 0.25) is 0 Å². The maximum absolute atomic E-state index is 2.50. The highest BCUT2D eigenvalue weighted by Gasteiger charge is 2.21. The van der Waals surface area contributed by atoms with Crippen LogP contribution in [-0.4, -0.2) is 4.40 Å². The Labute approximate surface area is 147 Å². The van der Waals surface area contributed by atoms with E-state index in [2.05, 4.69) is 52.5 Å². The zero-order valence-corrected chi connectivity index (χ0v) is 15.8. The second kappa shape index (κ2) is 7.58. The third kappa shape index (κ3) is 3.26. The van der Waals surface area contributed by atoms with E-state index in [9.17, 15) is 0 Å². The third-order valence-corrected chi connectivity index (χ3v) is 5.08. The number of benzene rings is 1. The molecule has 0 fully saturated rings. The molecule has 0 unspecified atom stereocenters. The molecule has 0 N–H and O–H groups in total. The Hall–Kier alpha value is -0.620. The van der Waals surface area contributed by atoms with Crippen molar-refractivity contribution in [2.24, 2.45) is 0 Å². The van der Waals surface area contributed by atoms with Gasteiger partial charge in [-0.2, -0.15) is 4.40 Å². The lowest BCUT2D eigenvalue weighted by Crippen LogP contribution is -3.00. The molecule has 0 radical (unpaired) electrons. The van der Waals surface area contributed by atoms with Gasteiger partial charge in [-0.15, -0.1) is 0 Å². The van der Waals surface area contributed by atoms with Gasteiger partial charge in [0.05, 0.1) is 6.54 Å². The van der Waals surface area contributed by atoms with Crippen LogP contribution in [0.15, 0.2) is 29.6 Å². The number of nitrogens with zero attached hydrogens (tertiary/aromatic N) is 2. The van der Waals surface area contributed by atoms with Crippen LogP contribution in [0, 0.1) is 6.92 Å². The Kier molecular flexibility index (Phi) is 6.05. The molecule has 114 valence electrons. The van der Waals surface area contributed by atoms with Gasteiger partial charge in [0.1, 0.15) is 5.69 Å². The third-order valence-electron chi connectivity index (χ3n) is 4.01.